The Morgan fingerprint density at radius 1 is 1.04 bits per heavy atom. The van der Waals surface area contributed by atoms with Crippen molar-refractivity contribution in [2.24, 2.45) is 0 Å². The highest BCUT2D eigenvalue weighted by molar-refractivity contribution is 6.35. The number of carbonyl (C=O) groups excluding carboxylic acids is 2. The Balaban J connectivity index is 1.97. The van der Waals surface area contributed by atoms with E-state index in [0.29, 0.717) is 28.3 Å². The molecule has 1 amide bonds. The average Bonchev–Trinajstić information content (AvgIpc) is 2.89. The van der Waals surface area contributed by atoms with Crippen molar-refractivity contribution in [1.29, 1.82) is 0 Å². The van der Waals surface area contributed by atoms with Crippen LogP contribution >= 0.6 is 0 Å². The van der Waals surface area contributed by atoms with Crippen LogP contribution in [0.2, 0.25) is 0 Å². The normalized spacial score (nSPS) is 14.3. The van der Waals surface area contributed by atoms with Crippen molar-refractivity contribution in [3.05, 3.63) is 59.7 Å². The lowest BCUT2D eigenvalue weighted by Gasteiger charge is -2.08. The number of rotatable bonds is 4. The third-order valence-corrected chi connectivity index (χ3v) is 3.65. The molecule has 5 heteroatoms. The van der Waals surface area contributed by atoms with Gasteiger partial charge in [-0.05, 0) is 30.3 Å². The van der Waals surface area contributed by atoms with E-state index in [0.717, 1.165) is 5.56 Å². The maximum Gasteiger partial charge on any atom is 0.256 e. The predicted molar refractivity (Wildman–Crippen MR) is 86.9 cm³/mol. The molecule has 116 valence electrons. The summed E-state index contributed by atoms with van der Waals surface area (Å²) in [5.41, 5.74) is 2.22. The lowest BCUT2D eigenvalue weighted by molar-refractivity contribution is -0.110. The minimum Gasteiger partial charge on any atom is -0.493 e. The van der Waals surface area contributed by atoms with Crippen molar-refractivity contribution in [2.75, 3.05) is 19.5 Å². The van der Waals surface area contributed by atoms with Gasteiger partial charge in [-0.25, -0.2) is 0 Å². The summed E-state index contributed by atoms with van der Waals surface area (Å²) in [5, 5.41) is 2.74. The van der Waals surface area contributed by atoms with Crippen LogP contribution in [0, 0.1) is 0 Å². The van der Waals surface area contributed by atoms with Crippen LogP contribution in [-0.4, -0.2) is 25.9 Å². The Kier molecular flexibility index (Phi) is 3.85. The smallest absolute Gasteiger partial charge is 0.256 e. The van der Waals surface area contributed by atoms with E-state index in [-0.39, 0.29) is 11.7 Å². The number of methoxy groups -OCH3 is 2. The van der Waals surface area contributed by atoms with E-state index in [9.17, 15) is 9.59 Å². The molecule has 2 aromatic carbocycles. The molecule has 0 saturated carbocycles. The monoisotopic (exact) mass is 309 g/mol. The van der Waals surface area contributed by atoms with Crippen LogP contribution in [-0.2, 0) is 4.79 Å². The van der Waals surface area contributed by atoms with Gasteiger partial charge in [-0.1, -0.05) is 18.2 Å². The fourth-order valence-corrected chi connectivity index (χ4v) is 2.49. The Labute approximate surface area is 133 Å². The quantitative estimate of drug-likeness (QED) is 0.696. The summed E-state index contributed by atoms with van der Waals surface area (Å²) in [7, 11) is 3.03. The van der Waals surface area contributed by atoms with Gasteiger partial charge in [-0.15, -0.1) is 0 Å². The van der Waals surface area contributed by atoms with Crippen LogP contribution in [0.25, 0.3) is 5.57 Å². The molecule has 0 saturated heterocycles. The van der Waals surface area contributed by atoms with Crippen LogP contribution in [0.3, 0.4) is 0 Å². The van der Waals surface area contributed by atoms with E-state index in [4.69, 9.17) is 9.47 Å². The number of ketones is 1. The first-order valence-electron chi connectivity index (χ1n) is 7.03. The number of benzene rings is 2. The molecule has 3 rings (SSSR count). The molecule has 2 aromatic rings. The Morgan fingerprint density at radius 2 is 1.78 bits per heavy atom. The molecule has 0 bridgehead atoms. The number of anilines is 1. The van der Waals surface area contributed by atoms with Gasteiger partial charge in [0.05, 0.1) is 19.8 Å². The second kappa shape index (κ2) is 5.96. The molecule has 0 aliphatic carbocycles. The summed E-state index contributed by atoms with van der Waals surface area (Å²) in [5.74, 6) is 0.460. The molecule has 5 nitrogen and oxygen atoms in total. The molecule has 0 unspecified atom stereocenters. The number of hydrogen-bond donors (Lipinski definition) is 1. The molecule has 0 atom stereocenters. The third kappa shape index (κ3) is 2.68. The maximum atomic E-state index is 12.5. The molecular formula is C18H15NO4. The van der Waals surface area contributed by atoms with Gasteiger partial charge in [0.1, 0.15) is 0 Å². The fraction of sp³-hybridized carbons (Fsp3) is 0.111. The number of amides is 1. The number of nitrogens with one attached hydrogen (secondary N) is 1. The molecule has 1 aliphatic rings. The van der Waals surface area contributed by atoms with Crippen molar-refractivity contribution in [2.45, 2.75) is 0 Å². The van der Waals surface area contributed by atoms with E-state index in [2.05, 4.69) is 5.32 Å². The highest BCUT2D eigenvalue weighted by atomic mass is 16.5. The Bertz CT molecular complexity index is 824. The largest absolute Gasteiger partial charge is 0.493 e. The van der Waals surface area contributed by atoms with Gasteiger partial charge in [0, 0.05) is 16.8 Å². The molecule has 0 fully saturated rings. The van der Waals surface area contributed by atoms with Gasteiger partial charge in [-0.3, -0.25) is 9.59 Å². The van der Waals surface area contributed by atoms with Crippen LogP contribution in [0.4, 0.5) is 5.69 Å². The highest BCUT2D eigenvalue weighted by Crippen LogP contribution is 2.32. The number of ether oxygens (including phenoxy) is 2. The zero-order valence-corrected chi connectivity index (χ0v) is 12.8. The molecular weight excluding hydrogens is 294 g/mol. The summed E-state index contributed by atoms with van der Waals surface area (Å²) in [6.07, 6.45) is 1.35. The maximum absolute atomic E-state index is 12.5. The number of allylic oxidation sites excluding steroid dienone is 1. The molecule has 1 heterocycles. The first-order chi connectivity index (χ1) is 11.1. The van der Waals surface area contributed by atoms with Crippen molar-refractivity contribution in [1.82, 2.24) is 0 Å². The van der Waals surface area contributed by atoms with Gasteiger partial charge >= 0.3 is 0 Å². The molecule has 1 aliphatic heterocycles. The summed E-state index contributed by atoms with van der Waals surface area (Å²) in [6.45, 7) is 0. The van der Waals surface area contributed by atoms with Crippen molar-refractivity contribution in [3.63, 3.8) is 0 Å². The van der Waals surface area contributed by atoms with Crippen molar-refractivity contribution >= 4 is 23.0 Å². The average molecular weight is 309 g/mol. The lowest BCUT2D eigenvalue weighted by Crippen LogP contribution is -2.06. The second-order valence-corrected chi connectivity index (χ2v) is 4.99. The van der Waals surface area contributed by atoms with Crippen molar-refractivity contribution < 1.29 is 19.1 Å². The van der Waals surface area contributed by atoms with E-state index in [1.807, 2.05) is 12.1 Å². The van der Waals surface area contributed by atoms with Crippen LogP contribution in [0.15, 0.2) is 48.5 Å². The summed E-state index contributed by atoms with van der Waals surface area (Å²) >= 11 is 0. The topological polar surface area (TPSA) is 64.6 Å². The van der Waals surface area contributed by atoms with Gasteiger partial charge < -0.3 is 14.8 Å². The van der Waals surface area contributed by atoms with Crippen LogP contribution < -0.4 is 14.8 Å². The highest BCUT2D eigenvalue weighted by Gasteiger charge is 2.24. The van der Waals surface area contributed by atoms with E-state index in [1.54, 1.807) is 30.3 Å². The molecule has 0 radical (unpaired) electrons. The van der Waals surface area contributed by atoms with Gasteiger partial charge in [0.15, 0.2) is 17.3 Å². The predicted octanol–water partition coefficient (Wildman–Crippen LogP) is 2.92. The van der Waals surface area contributed by atoms with Gasteiger partial charge in [0.25, 0.3) is 5.91 Å². The summed E-state index contributed by atoms with van der Waals surface area (Å²) in [4.78, 5) is 24.5. The number of carbonyl (C=O) groups is 2. The first-order valence-corrected chi connectivity index (χ1v) is 7.03. The number of hydrogen-bond acceptors (Lipinski definition) is 4. The standard InChI is InChI=1S/C18H15NO4/c1-22-16-8-7-11(9-17(16)23-2)15(20)10-13-12-5-3-4-6-14(12)19-18(13)21/h3-10H,1-2H3,(H,19,21)/b13-10-. The van der Waals surface area contributed by atoms with Crippen LogP contribution in [0.5, 0.6) is 11.5 Å². The molecule has 1 N–H and O–H groups in total. The number of para-hydroxylation sites is 1. The lowest BCUT2D eigenvalue weighted by atomic mass is 10.0. The minimum atomic E-state index is -0.278. The molecule has 0 aromatic heterocycles. The second-order valence-electron chi connectivity index (χ2n) is 4.99. The molecule has 0 spiro atoms. The van der Waals surface area contributed by atoms with E-state index < -0.39 is 0 Å². The Hall–Kier alpha value is -3.08. The van der Waals surface area contributed by atoms with E-state index in [1.165, 1.54) is 20.3 Å². The fourth-order valence-electron chi connectivity index (χ4n) is 2.49. The summed E-state index contributed by atoms with van der Waals surface area (Å²) in [6, 6.07) is 12.2. The summed E-state index contributed by atoms with van der Waals surface area (Å²) < 4.78 is 10.3. The number of fused-ring (bicyclic) bond motifs is 1. The SMILES string of the molecule is COc1ccc(C(=O)/C=C2\C(=O)Nc3ccccc32)cc1OC. The van der Waals surface area contributed by atoms with Gasteiger partial charge in [0.2, 0.25) is 0 Å². The van der Waals surface area contributed by atoms with Gasteiger partial charge in [-0.2, -0.15) is 0 Å². The van der Waals surface area contributed by atoms with E-state index >= 15 is 0 Å². The molecule has 23 heavy (non-hydrogen) atoms. The zero-order valence-electron chi connectivity index (χ0n) is 12.8. The first kappa shape index (κ1) is 14.8. The Morgan fingerprint density at radius 3 is 2.52 bits per heavy atom. The van der Waals surface area contributed by atoms with Crippen molar-refractivity contribution in [3.8, 4) is 11.5 Å². The zero-order chi connectivity index (χ0) is 16.4. The third-order valence-electron chi connectivity index (χ3n) is 3.65. The van der Waals surface area contributed by atoms with Crippen LogP contribution in [0.1, 0.15) is 15.9 Å². The minimum absolute atomic E-state index is 0.271.